The Bertz CT molecular complexity index is 1550. The summed E-state index contributed by atoms with van der Waals surface area (Å²) in [6.07, 6.45) is 1.56. The van der Waals surface area contributed by atoms with Crippen LogP contribution in [-0.4, -0.2) is 31.1 Å². The summed E-state index contributed by atoms with van der Waals surface area (Å²) in [6.45, 7) is 0. The van der Waals surface area contributed by atoms with E-state index in [0.717, 1.165) is 0 Å². The predicted octanol–water partition coefficient (Wildman–Crippen LogP) is 4.00. The van der Waals surface area contributed by atoms with Gasteiger partial charge in [-0.3, -0.25) is 4.90 Å². The quantitative estimate of drug-likeness (QED) is 0.471. The van der Waals surface area contributed by atoms with Crippen LogP contribution in [0.4, 0.5) is 5.69 Å². The molecule has 4 rings (SSSR count). The molecule has 0 bridgehead atoms. The molecule has 0 saturated carbocycles. The summed E-state index contributed by atoms with van der Waals surface area (Å²) < 4.78 is 10.2. The van der Waals surface area contributed by atoms with E-state index in [1.54, 1.807) is 72.9 Å². The highest BCUT2D eigenvalue weighted by Gasteiger charge is 2.43. The van der Waals surface area contributed by atoms with Crippen LogP contribution in [0, 0.1) is 22.7 Å². The summed E-state index contributed by atoms with van der Waals surface area (Å²) in [4.78, 5) is 32.8. The molecule has 1 atom stereocenters. The van der Waals surface area contributed by atoms with Crippen LogP contribution in [0.2, 0.25) is 0 Å². The molecule has 0 radical (unpaired) electrons. The van der Waals surface area contributed by atoms with Gasteiger partial charge in [0.25, 0.3) is 0 Å². The number of nitriles is 2. The number of ether oxygens (including phenoxy) is 2. The maximum absolute atomic E-state index is 13.3. The minimum Gasteiger partial charge on any atom is -0.466 e. The van der Waals surface area contributed by atoms with Gasteiger partial charge in [0.1, 0.15) is 22.6 Å². The average Bonchev–Trinajstić information content (AvgIpc) is 2.96. The van der Waals surface area contributed by atoms with E-state index in [0.29, 0.717) is 26.7 Å². The second-order valence-electron chi connectivity index (χ2n) is 7.87. The highest BCUT2D eigenvalue weighted by Crippen LogP contribution is 2.46. The Balaban J connectivity index is 2.02. The van der Waals surface area contributed by atoms with E-state index in [9.17, 15) is 20.1 Å². The number of nitrogens with two attached hydrogens (primary N) is 1. The van der Waals surface area contributed by atoms with Gasteiger partial charge in [-0.2, -0.15) is 10.5 Å². The number of hydrogen-bond acceptors (Lipinski definition) is 10. The first-order chi connectivity index (χ1) is 18.5. The number of carbonyl (C=O) groups is 2. The lowest BCUT2D eigenvalue weighted by atomic mass is 9.81. The van der Waals surface area contributed by atoms with Gasteiger partial charge >= 0.3 is 11.9 Å². The maximum Gasteiger partial charge on any atom is 0.355 e. The molecule has 2 N–H and O–H groups in total. The number of para-hydroxylation sites is 1. The van der Waals surface area contributed by atoms with Crippen molar-refractivity contribution in [3.05, 3.63) is 107 Å². The highest BCUT2D eigenvalue weighted by atomic mass is 32.2. The van der Waals surface area contributed by atoms with E-state index < -0.39 is 17.9 Å². The van der Waals surface area contributed by atoms with Gasteiger partial charge in [0.15, 0.2) is 0 Å². The highest BCUT2D eigenvalue weighted by molar-refractivity contribution is 7.99. The van der Waals surface area contributed by atoms with E-state index in [2.05, 4.69) is 17.1 Å². The van der Waals surface area contributed by atoms with Gasteiger partial charge in [0.2, 0.25) is 0 Å². The molecule has 1 unspecified atom stereocenters. The van der Waals surface area contributed by atoms with Crippen molar-refractivity contribution >= 4 is 29.4 Å². The smallest absolute Gasteiger partial charge is 0.355 e. The van der Waals surface area contributed by atoms with E-state index in [1.807, 2.05) is 0 Å². The van der Waals surface area contributed by atoms with Crippen LogP contribution in [0.5, 0.6) is 0 Å². The molecule has 1 aliphatic heterocycles. The van der Waals surface area contributed by atoms with Crippen LogP contribution in [0.15, 0.2) is 106 Å². The monoisotopic (exact) mass is 523 g/mol. The molecule has 0 spiro atoms. The Hall–Kier alpha value is -5.06. The predicted molar refractivity (Wildman–Crippen MR) is 139 cm³/mol. The molecular formula is C28H21N5O4S. The van der Waals surface area contributed by atoms with Crippen molar-refractivity contribution in [3.8, 4) is 12.1 Å². The van der Waals surface area contributed by atoms with E-state index in [1.165, 1.54) is 30.9 Å². The largest absolute Gasteiger partial charge is 0.466 e. The molecule has 2 heterocycles. The lowest BCUT2D eigenvalue weighted by molar-refractivity contribution is -0.139. The standard InChI is InChI=1S/C28H21N5O4S/c1-36-27(34)23-22(17-9-4-3-5-10-17)19(16-30)25(31)33(24(23)28(35)37-2)20-12-6-7-13-21(20)38-26-18(15-29)11-8-14-32-26/h3-14,22H,31H2,1-2H3. The molecule has 0 aliphatic carbocycles. The zero-order chi connectivity index (χ0) is 27.2. The fourth-order valence-electron chi connectivity index (χ4n) is 4.15. The summed E-state index contributed by atoms with van der Waals surface area (Å²) >= 11 is 1.18. The Labute approximate surface area is 223 Å². The van der Waals surface area contributed by atoms with Crippen LogP contribution in [0.25, 0.3) is 0 Å². The van der Waals surface area contributed by atoms with Crippen molar-refractivity contribution in [2.75, 3.05) is 19.1 Å². The maximum atomic E-state index is 13.3. The fraction of sp³-hybridized carbons (Fsp3) is 0.107. The number of allylic oxidation sites excluding steroid dienone is 1. The van der Waals surface area contributed by atoms with Crippen LogP contribution in [0.3, 0.4) is 0 Å². The van der Waals surface area contributed by atoms with Crippen molar-refractivity contribution in [2.45, 2.75) is 15.8 Å². The Kier molecular flexibility index (Phi) is 7.76. The molecular weight excluding hydrogens is 502 g/mol. The minimum absolute atomic E-state index is 0.0519. The van der Waals surface area contributed by atoms with Crippen molar-refractivity contribution in [2.24, 2.45) is 5.73 Å². The first-order valence-corrected chi connectivity index (χ1v) is 12.1. The number of benzene rings is 2. The third-order valence-corrected chi connectivity index (χ3v) is 6.90. The number of pyridine rings is 1. The van der Waals surface area contributed by atoms with Gasteiger partial charge in [-0.15, -0.1) is 0 Å². The Morgan fingerprint density at radius 2 is 1.63 bits per heavy atom. The molecule has 3 aromatic rings. The lowest BCUT2D eigenvalue weighted by Gasteiger charge is -2.36. The molecule has 10 heteroatoms. The summed E-state index contributed by atoms with van der Waals surface area (Å²) in [7, 11) is 2.38. The van der Waals surface area contributed by atoms with Crippen molar-refractivity contribution in [3.63, 3.8) is 0 Å². The molecule has 0 amide bonds. The SMILES string of the molecule is COC(=O)C1=C(C(=O)OC)N(c2ccccc2Sc2ncccc2C#N)C(N)=C(C#N)C1c1ccccc1. The van der Waals surface area contributed by atoms with Gasteiger partial charge in [-0.1, -0.05) is 54.2 Å². The van der Waals surface area contributed by atoms with Gasteiger partial charge in [-0.25, -0.2) is 14.6 Å². The Morgan fingerprint density at radius 1 is 0.947 bits per heavy atom. The van der Waals surface area contributed by atoms with Gasteiger partial charge < -0.3 is 15.2 Å². The van der Waals surface area contributed by atoms with Gasteiger partial charge in [0, 0.05) is 11.1 Å². The molecule has 38 heavy (non-hydrogen) atoms. The molecule has 188 valence electrons. The van der Waals surface area contributed by atoms with E-state index in [-0.39, 0.29) is 22.7 Å². The average molecular weight is 524 g/mol. The van der Waals surface area contributed by atoms with Crippen LogP contribution in [0.1, 0.15) is 17.0 Å². The first-order valence-electron chi connectivity index (χ1n) is 11.2. The number of esters is 2. The topological polar surface area (TPSA) is 142 Å². The number of methoxy groups -OCH3 is 2. The second-order valence-corrected chi connectivity index (χ2v) is 8.90. The number of carbonyl (C=O) groups excluding carboxylic acids is 2. The molecule has 0 fully saturated rings. The van der Waals surface area contributed by atoms with Crippen LogP contribution in [-0.2, 0) is 19.1 Å². The number of aromatic nitrogens is 1. The van der Waals surface area contributed by atoms with Crippen molar-refractivity contribution in [1.82, 2.24) is 4.98 Å². The molecule has 9 nitrogen and oxygen atoms in total. The number of rotatable bonds is 6. The normalized spacial score (nSPS) is 14.9. The lowest BCUT2D eigenvalue weighted by Crippen LogP contribution is -2.41. The number of anilines is 1. The zero-order valence-electron chi connectivity index (χ0n) is 20.4. The first kappa shape index (κ1) is 26.0. The minimum atomic E-state index is -0.972. The molecule has 0 saturated heterocycles. The third-order valence-electron chi connectivity index (χ3n) is 5.81. The van der Waals surface area contributed by atoms with E-state index >= 15 is 0 Å². The summed E-state index contributed by atoms with van der Waals surface area (Å²) in [5, 5.41) is 20.2. The molecule has 1 aliphatic rings. The molecule has 2 aromatic carbocycles. The van der Waals surface area contributed by atoms with Gasteiger partial charge in [0.05, 0.1) is 48.6 Å². The molecule has 1 aromatic heterocycles. The summed E-state index contributed by atoms with van der Waals surface area (Å²) in [6, 6.07) is 23.2. The van der Waals surface area contributed by atoms with Crippen molar-refractivity contribution in [1.29, 1.82) is 10.5 Å². The van der Waals surface area contributed by atoms with Crippen LogP contribution < -0.4 is 10.6 Å². The summed E-state index contributed by atoms with van der Waals surface area (Å²) in [5.41, 5.74) is 7.70. The third kappa shape index (κ3) is 4.69. The fourth-order valence-corrected chi connectivity index (χ4v) is 5.11. The van der Waals surface area contributed by atoms with Crippen molar-refractivity contribution < 1.29 is 19.1 Å². The van der Waals surface area contributed by atoms with Gasteiger partial charge in [-0.05, 0) is 29.8 Å². The summed E-state index contributed by atoms with van der Waals surface area (Å²) in [5.74, 6) is -2.68. The Morgan fingerprint density at radius 3 is 2.29 bits per heavy atom. The number of nitrogens with zero attached hydrogens (tertiary/aromatic N) is 4. The van der Waals surface area contributed by atoms with Crippen LogP contribution >= 0.6 is 11.8 Å². The second kappa shape index (κ2) is 11.3. The van der Waals surface area contributed by atoms with E-state index in [4.69, 9.17) is 15.2 Å². The number of hydrogen-bond donors (Lipinski definition) is 1. The zero-order valence-corrected chi connectivity index (χ0v) is 21.2.